The van der Waals surface area contributed by atoms with Gasteiger partial charge in [0, 0.05) is 0 Å². The highest BCUT2D eigenvalue weighted by atomic mass is 28.4. The van der Waals surface area contributed by atoms with Crippen LogP contribution in [0.4, 0.5) is 0 Å². The van der Waals surface area contributed by atoms with Crippen LogP contribution in [0.1, 0.15) is 101 Å². The van der Waals surface area contributed by atoms with Gasteiger partial charge in [0.25, 0.3) is 0 Å². The van der Waals surface area contributed by atoms with Gasteiger partial charge in [0.1, 0.15) is 0 Å². The maximum absolute atomic E-state index is 12.5. The average molecular weight is 507 g/mol. The molecule has 0 saturated carbocycles. The minimum Gasteiger partial charge on any atom is -0.462 e. The molecule has 0 heterocycles. The summed E-state index contributed by atoms with van der Waals surface area (Å²) in [4.78, 5) is 12.5. The number of hydrogen-bond acceptors (Lipinski definition) is 3. The van der Waals surface area contributed by atoms with Crippen molar-refractivity contribution in [3.8, 4) is 0 Å². The molecule has 0 saturated heterocycles. The van der Waals surface area contributed by atoms with E-state index in [0.717, 1.165) is 11.1 Å². The third-order valence-corrected chi connectivity index (χ3v) is 12.8. The molecule has 0 fully saturated rings. The third-order valence-electron chi connectivity index (χ3n) is 8.36. The lowest BCUT2D eigenvalue weighted by Gasteiger charge is -2.42. The second-order valence-electron chi connectivity index (χ2n) is 13.1. The van der Waals surface area contributed by atoms with Crippen molar-refractivity contribution in [2.24, 2.45) is 0 Å². The van der Waals surface area contributed by atoms with Crippen LogP contribution in [0.3, 0.4) is 0 Å². The summed E-state index contributed by atoms with van der Waals surface area (Å²) in [5, 5.41) is 0.117. The van der Waals surface area contributed by atoms with Crippen LogP contribution in [0.2, 0.25) is 18.1 Å². The van der Waals surface area contributed by atoms with E-state index in [1.165, 1.54) is 29.5 Å². The first-order chi connectivity index (χ1) is 16.6. The van der Waals surface area contributed by atoms with Crippen LogP contribution in [-0.2, 0) is 20.0 Å². The molecular formula is C32H46O3Si. The molecular weight excluding hydrogens is 460 g/mol. The molecule has 0 aliphatic heterocycles. The largest absolute Gasteiger partial charge is 0.462 e. The first-order valence-electron chi connectivity index (χ1n) is 13.3. The number of carbonyl (C=O) groups is 1. The van der Waals surface area contributed by atoms with Crippen molar-refractivity contribution < 1.29 is 14.0 Å². The second-order valence-corrected chi connectivity index (χ2v) is 17.9. The van der Waals surface area contributed by atoms with E-state index in [1.807, 2.05) is 25.1 Å². The molecule has 0 N–H and O–H groups in total. The van der Waals surface area contributed by atoms with Crippen LogP contribution in [0.25, 0.3) is 11.6 Å². The highest BCUT2D eigenvalue weighted by molar-refractivity contribution is 6.74. The standard InChI is InChI=1S/C32H46O3Si/c1-11-34-29(33)25-14-12-13-24(21-25)26(22-35-36(9,10)30(2,3)4)19-23-15-16-27-28(20-23)32(7,8)18-17-31(27,5)6/h12-16,19-21H,11,17-18,22H2,1-10H3/b26-19+. The number of rotatable bonds is 7. The molecule has 0 spiro atoms. The minimum atomic E-state index is -1.96. The predicted octanol–water partition coefficient (Wildman–Crippen LogP) is 8.77. The first kappa shape index (κ1) is 28.4. The lowest BCUT2D eigenvalue weighted by molar-refractivity contribution is 0.0526. The van der Waals surface area contributed by atoms with Gasteiger partial charge in [-0.25, -0.2) is 4.79 Å². The van der Waals surface area contributed by atoms with Crippen LogP contribution < -0.4 is 0 Å². The van der Waals surface area contributed by atoms with Gasteiger partial charge < -0.3 is 9.16 Å². The van der Waals surface area contributed by atoms with E-state index >= 15 is 0 Å². The highest BCUT2D eigenvalue weighted by Crippen LogP contribution is 2.46. The summed E-state index contributed by atoms with van der Waals surface area (Å²) in [5.41, 5.74) is 7.06. The summed E-state index contributed by atoms with van der Waals surface area (Å²) < 4.78 is 11.9. The van der Waals surface area contributed by atoms with E-state index in [1.54, 1.807) is 0 Å². The van der Waals surface area contributed by atoms with Crippen LogP contribution >= 0.6 is 0 Å². The SMILES string of the molecule is CCOC(=O)c1cccc(/C(=C/c2ccc3c(c2)C(C)(C)CCC3(C)C)CO[Si](C)(C)C(C)(C)C)c1. The number of carbonyl (C=O) groups excluding carboxylic acids is 1. The molecule has 196 valence electrons. The molecule has 0 aromatic heterocycles. The van der Waals surface area contributed by atoms with E-state index in [0.29, 0.717) is 18.8 Å². The minimum absolute atomic E-state index is 0.117. The Hall–Kier alpha value is -2.17. The fourth-order valence-electron chi connectivity index (χ4n) is 4.64. The number of hydrogen-bond donors (Lipinski definition) is 0. The van der Waals surface area contributed by atoms with Crippen molar-refractivity contribution in [1.29, 1.82) is 0 Å². The smallest absolute Gasteiger partial charge is 0.338 e. The van der Waals surface area contributed by atoms with Crippen LogP contribution in [0.5, 0.6) is 0 Å². The molecule has 3 nitrogen and oxygen atoms in total. The van der Waals surface area contributed by atoms with Gasteiger partial charge in [-0.1, -0.05) is 78.8 Å². The van der Waals surface area contributed by atoms with Crippen LogP contribution in [0.15, 0.2) is 42.5 Å². The molecule has 36 heavy (non-hydrogen) atoms. The second kappa shape index (κ2) is 10.3. The quantitative estimate of drug-likeness (QED) is 0.214. The van der Waals surface area contributed by atoms with Gasteiger partial charge in [0.15, 0.2) is 8.32 Å². The van der Waals surface area contributed by atoms with E-state index in [2.05, 4.69) is 91.9 Å². The van der Waals surface area contributed by atoms with Crippen LogP contribution in [0, 0.1) is 0 Å². The lowest BCUT2D eigenvalue weighted by atomic mass is 9.63. The van der Waals surface area contributed by atoms with Gasteiger partial charge in [0.05, 0.1) is 18.8 Å². The van der Waals surface area contributed by atoms with Gasteiger partial charge >= 0.3 is 5.97 Å². The molecule has 2 aromatic rings. The Morgan fingerprint density at radius 3 is 2.17 bits per heavy atom. The van der Waals surface area contributed by atoms with Gasteiger partial charge in [-0.2, -0.15) is 0 Å². The molecule has 1 aliphatic carbocycles. The zero-order chi connectivity index (χ0) is 26.9. The van der Waals surface area contributed by atoms with Crippen molar-refractivity contribution in [1.82, 2.24) is 0 Å². The van der Waals surface area contributed by atoms with Crippen molar-refractivity contribution in [2.45, 2.75) is 97.2 Å². The van der Waals surface area contributed by atoms with E-state index in [-0.39, 0.29) is 21.8 Å². The molecule has 4 heteroatoms. The monoisotopic (exact) mass is 506 g/mol. The maximum Gasteiger partial charge on any atom is 0.338 e. The number of ether oxygens (including phenoxy) is 1. The fraction of sp³-hybridized carbons (Fsp3) is 0.531. The Balaban J connectivity index is 2.08. The van der Waals surface area contributed by atoms with E-state index in [9.17, 15) is 4.79 Å². The number of esters is 1. The predicted molar refractivity (Wildman–Crippen MR) is 155 cm³/mol. The molecule has 0 amide bonds. The maximum atomic E-state index is 12.5. The summed E-state index contributed by atoms with van der Waals surface area (Å²) in [7, 11) is -1.96. The van der Waals surface area contributed by atoms with Crippen molar-refractivity contribution in [3.63, 3.8) is 0 Å². The average Bonchev–Trinajstić information content (AvgIpc) is 2.79. The van der Waals surface area contributed by atoms with Gasteiger partial charge in [-0.15, -0.1) is 0 Å². The Labute approximate surface area is 220 Å². The third kappa shape index (κ3) is 6.20. The van der Waals surface area contributed by atoms with Gasteiger partial charge in [-0.05, 0) is 94.8 Å². The number of benzene rings is 2. The van der Waals surface area contributed by atoms with E-state index in [4.69, 9.17) is 9.16 Å². The van der Waals surface area contributed by atoms with Crippen molar-refractivity contribution >= 4 is 25.9 Å². The first-order valence-corrected chi connectivity index (χ1v) is 16.3. The topological polar surface area (TPSA) is 35.5 Å². The molecule has 0 atom stereocenters. The fourth-order valence-corrected chi connectivity index (χ4v) is 5.59. The summed E-state index contributed by atoms with van der Waals surface area (Å²) in [5.74, 6) is -0.290. The van der Waals surface area contributed by atoms with Crippen molar-refractivity contribution in [3.05, 3.63) is 70.3 Å². The lowest BCUT2D eigenvalue weighted by Crippen LogP contribution is -2.41. The molecule has 2 aromatic carbocycles. The molecule has 0 unspecified atom stereocenters. The Morgan fingerprint density at radius 2 is 1.56 bits per heavy atom. The summed E-state index contributed by atoms with van der Waals surface area (Å²) in [6.07, 6.45) is 4.63. The van der Waals surface area contributed by atoms with Crippen molar-refractivity contribution in [2.75, 3.05) is 13.2 Å². The normalized spacial score (nSPS) is 17.4. The molecule has 1 aliphatic rings. The zero-order valence-electron chi connectivity index (χ0n) is 24.2. The van der Waals surface area contributed by atoms with Gasteiger partial charge in [0.2, 0.25) is 0 Å². The summed E-state index contributed by atoms with van der Waals surface area (Å²) in [6, 6.07) is 14.7. The Morgan fingerprint density at radius 1 is 0.944 bits per heavy atom. The molecule has 0 bridgehead atoms. The summed E-state index contributed by atoms with van der Waals surface area (Å²) >= 11 is 0. The molecule has 0 radical (unpaired) electrons. The Bertz CT molecular complexity index is 1130. The summed E-state index contributed by atoms with van der Waals surface area (Å²) in [6.45, 7) is 23.5. The highest BCUT2D eigenvalue weighted by Gasteiger charge is 2.38. The Kier molecular flexibility index (Phi) is 8.12. The van der Waals surface area contributed by atoms with Crippen LogP contribution in [-0.4, -0.2) is 27.5 Å². The number of fused-ring (bicyclic) bond motifs is 1. The zero-order valence-corrected chi connectivity index (χ0v) is 25.2. The van der Waals surface area contributed by atoms with Gasteiger partial charge in [-0.3, -0.25) is 0 Å². The van der Waals surface area contributed by atoms with E-state index < -0.39 is 8.32 Å². The molecule has 3 rings (SSSR count).